The van der Waals surface area contributed by atoms with Crippen molar-refractivity contribution in [3.63, 3.8) is 0 Å². The Bertz CT molecular complexity index is 296. The van der Waals surface area contributed by atoms with Crippen molar-refractivity contribution >= 4 is 11.8 Å². The van der Waals surface area contributed by atoms with Crippen molar-refractivity contribution in [2.24, 2.45) is 5.92 Å². The van der Waals surface area contributed by atoms with Crippen LogP contribution in [0, 0.1) is 5.92 Å². The Hall–Kier alpha value is -0.410. The van der Waals surface area contributed by atoms with Crippen LogP contribution in [-0.2, 0) is 12.3 Å². The summed E-state index contributed by atoms with van der Waals surface area (Å²) in [6.07, 6.45) is 2.45. The first-order valence-electron chi connectivity index (χ1n) is 6.58. The lowest BCUT2D eigenvalue weighted by molar-refractivity contribution is 0.459. The summed E-state index contributed by atoms with van der Waals surface area (Å²) in [4.78, 5) is 0. The molecular weight excluding hydrogens is 230 g/mol. The lowest BCUT2D eigenvalue weighted by atomic mass is 10.2. The average Bonchev–Trinajstić information content (AvgIpc) is 2.73. The summed E-state index contributed by atoms with van der Waals surface area (Å²) in [5, 5.41) is 3.35. The first-order chi connectivity index (χ1) is 8.22. The second-order valence-corrected chi connectivity index (χ2v) is 5.89. The van der Waals surface area contributed by atoms with Crippen LogP contribution in [0.4, 0.5) is 0 Å². The quantitative estimate of drug-likeness (QED) is 0.674. The second-order valence-electron chi connectivity index (χ2n) is 4.78. The maximum Gasteiger partial charge on any atom is 0.117 e. The van der Waals surface area contributed by atoms with E-state index in [0.29, 0.717) is 0 Å². The molecule has 0 aliphatic heterocycles. The van der Waals surface area contributed by atoms with Gasteiger partial charge in [-0.3, -0.25) is 0 Å². The number of rotatable bonds is 9. The average molecular weight is 255 g/mol. The summed E-state index contributed by atoms with van der Waals surface area (Å²) in [5.74, 6) is 5.18. The van der Waals surface area contributed by atoms with E-state index >= 15 is 0 Å². The Kier molecular flexibility index (Phi) is 7.45. The van der Waals surface area contributed by atoms with Crippen LogP contribution in [0.2, 0.25) is 0 Å². The second kappa shape index (κ2) is 8.65. The van der Waals surface area contributed by atoms with Crippen molar-refractivity contribution in [1.82, 2.24) is 5.32 Å². The topological polar surface area (TPSA) is 25.2 Å². The minimum atomic E-state index is 0.799. The molecule has 2 nitrogen and oxygen atoms in total. The molecule has 1 aromatic heterocycles. The Morgan fingerprint density at radius 3 is 2.76 bits per heavy atom. The molecule has 0 fully saturated rings. The molecule has 0 amide bonds. The predicted octanol–water partition coefficient (Wildman–Crippen LogP) is 4.06. The molecule has 0 saturated heterocycles. The lowest BCUT2D eigenvalue weighted by Gasteiger charge is -2.03. The van der Waals surface area contributed by atoms with Crippen LogP contribution in [0.25, 0.3) is 0 Å². The first kappa shape index (κ1) is 14.7. The van der Waals surface area contributed by atoms with Crippen LogP contribution in [0.1, 0.15) is 45.1 Å². The number of thioether (sulfide) groups is 1. The predicted molar refractivity (Wildman–Crippen MR) is 76.3 cm³/mol. The van der Waals surface area contributed by atoms with Gasteiger partial charge >= 0.3 is 0 Å². The van der Waals surface area contributed by atoms with Crippen LogP contribution in [-0.4, -0.2) is 12.3 Å². The highest BCUT2D eigenvalue weighted by molar-refractivity contribution is 7.98. The van der Waals surface area contributed by atoms with Gasteiger partial charge in [-0.2, -0.15) is 11.8 Å². The minimum Gasteiger partial charge on any atom is -0.464 e. The van der Waals surface area contributed by atoms with E-state index in [4.69, 9.17) is 4.42 Å². The third-order valence-electron chi connectivity index (χ3n) is 2.53. The van der Waals surface area contributed by atoms with E-state index in [1.54, 1.807) is 0 Å². The first-order valence-corrected chi connectivity index (χ1v) is 7.74. The fourth-order valence-corrected chi connectivity index (χ4v) is 2.61. The van der Waals surface area contributed by atoms with Gasteiger partial charge in [0.05, 0.1) is 12.3 Å². The molecule has 1 aromatic rings. The van der Waals surface area contributed by atoms with E-state index in [9.17, 15) is 0 Å². The molecule has 0 saturated carbocycles. The summed E-state index contributed by atoms with van der Waals surface area (Å²) >= 11 is 1.96. The Morgan fingerprint density at radius 1 is 1.29 bits per heavy atom. The number of hydrogen-bond donors (Lipinski definition) is 1. The lowest BCUT2D eigenvalue weighted by Crippen LogP contribution is -2.12. The maximum absolute atomic E-state index is 5.75. The third kappa shape index (κ3) is 6.79. The third-order valence-corrected chi connectivity index (χ3v) is 3.54. The maximum atomic E-state index is 5.75. The Morgan fingerprint density at radius 2 is 2.06 bits per heavy atom. The van der Waals surface area contributed by atoms with E-state index in [1.165, 1.54) is 18.6 Å². The molecule has 0 aliphatic rings. The molecule has 1 rings (SSSR count). The standard InChI is InChI=1S/C14H25NOS/c1-4-8-15-10-13-5-6-14(16-13)11-17-9-7-12(2)3/h5-6,12,15H,4,7-11H2,1-3H3. The minimum absolute atomic E-state index is 0.799. The fraction of sp³-hybridized carbons (Fsp3) is 0.714. The van der Waals surface area contributed by atoms with Gasteiger partial charge in [-0.25, -0.2) is 0 Å². The summed E-state index contributed by atoms with van der Waals surface area (Å²) < 4.78 is 5.75. The van der Waals surface area contributed by atoms with Gasteiger partial charge < -0.3 is 9.73 Å². The number of nitrogens with one attached hydrogen (secondary N) is 1. The molecule has 3 heteroatoms. The normalized spacial score (nSPS) is 11.3. The number of furan rings is 1. The molecule has 0 radical (unpaired) electrons. The smallest absolute Gasteiger partial charge is 0.117 e. The van der Waals surface area contributed by atoms with E-state index in [1.807, 2.05) is 11.8 Å². The van der Waals surface area contributed by atoms with Crippen LogP contribution >= 0.6 is 11.8 Å². The van der Waals surface area contributed by atoms with Crippen molar-refractivity contribution in [2.75, 3.05) is 12.3 Å². The molecule has 0 aliphatic carbocycles. The Balaban J connectivity index is 2.16. The van der Waals surface area contributed by atoms with E-state index in [-0.39, 0.29) is 0 Å². The number of hydrogen-bond acceptors (Lipinski definition) is 3. The SMILES string of the molecule is CCCNCc1ccc(CSCCC(C)C)o1. The summed E-state index contributed by atoms with van der Waals surface area (Å²) in [6.45, 7) is 8.62. The van der Waals surface area contributed by atoms with Crippen molar-refractivity contribution in [3.8, 4) is 0 Å². The fourth-order valence-electron chi connectivity index (χ4n) is 1.48. The van der Waals surface area contributed by atoms with Crippen molar-refractivity contribution < 1.29 is 4.42 Å². The van der Waals surface area contributed by atoms with Crippen LogP contribution in [0.5, 0.6) is 0 Å². The molecule has 0 aromatic carbocycles. The molecule has 98 valence electrons. The summed E-state index contributed by atoms with van der Waals surface area (Å²) in [6, 6.07) is 4.19. The highest BCUT2D eigenvalue weighted by Crippen LogP contribution is 2.17. The zero-order valence-corrected chi connectivity index (χ0v) is 12.1. The van der Waals surface area contributed by atoms with Gasteiger partial charge in [-0.15, -0.1) is 0 Å². The molecule has 1 N–H and O–H groups in total. The van der Waals surface area contributed by atoms with Crippen LogP contribution in [0.3, 0.4) is 0 Å². The van der Waals surface area contributed by atoms with Crippen molar-refractivity contribution in [1.29, 1.82) is 0 Å². The van der Waals surface area contributed by atoms with Gasteiger partial charge in [-0.05, 0) is 43.2 Å². The van der Waals surface area contributed by atoms with E-state index < -0.39 is 0 Å². The van der Waals surface area contributed by atoms with Gasteiger partial charge in [0.15, 0.2) is 0 Å². The summed E-state index contributed by atoms with van der Waals surface area (Å²) in [7, 11) is 0. The van der Waals surface area contributed by atoms with Gasteiger partial charge in [0.1, 0.15) is 11.5 Å². The zero-order chi connectivity index (χ0) is 12.5. The summed E-state index contributed by atoms with van der Waals surface area (Å²) in [5.41, 5.74) is 0. The van der Waals surface area contributed by atoms with Crippen LogP contribution in [0.15, 0.2) is 16.5 Å². The van der Waals surface area contributed by atoms with E-state index in [0.717, 1.165) is 36.3 Å². The zero-order valence-electron chi connectivity index (χ0n) is 11.3. The van der Waals surface area contributed by atoms with Crippen molar-refractivity contribution in [2.45, 2.75) is 45.9 Å². The highest BCUT2D eigenvalue weighted by atomic mass is 32.2. The van der Waals surface area contributed by atoms with Gasteiger partial charge in [0.2, 0.25) is 0 Å². The molecule has 0 atom stereocenters. The molecule has 0 unspecified atom stereocenters. The molecule has 17 heavy (non-hydrogen) atoms. The van der Waals surface area contributed by atoms with Crippen LogP contribution < -0.4 is 5.32 Å². The monoisotopic (exact) mass is 255 g/mol. The van der Waals surface area contributed by atoms with Gasteiger partial charge in [0.25, 0.3) is 0 Å². The molecule has 0 bridgehead atoms. The Labute approximate surface area is 110 Å². The molecule has 1 heterocycles. The van der Waals surface area contributed by atoms with E-state index in [2.05, 4.69) is 38.2 Å². The van der Waals surface area contributed by atoms with Gasteiger partial charge in [0, 0.05) is 0 Å². The highest BCUT2D eigenvalue weighted by Gasteiger charge is 2.02. The van der Waals surface area contributed by atoms with Gasteiger partial charge in [-0.1, -0.05) is 20.8 Å². The molecule has 0 spiro atoms. The largest absolute Gasteiger partial charge is 0.464 e. The molecular formula is C14H25NOS. The van der Waals surface area contributed by atoms with Crippen molar-refractivity contribution in [3.05, 3.63) is 23.7 Å².